The molecule has 0 aliphatic carbocycles. The van der Waals surface area contributed by atoms with Gasteiger partial charge in [0, 0.05) is 10.9 Å². The molecule has 0 saturated heterocycles. The molecule has 100 valence electrons. The Labute approximate surface area is 122 Å². The van der Waals surface area contributed by atoms with Crippen LogP contribution in [0.4, 0.5) is 0 Å². The summed E-state index contributed by atoms with van der Waals surface area (Å²) < 4.78 is 2.24. The molecule has 1 aromatic carbocycles. The lowest BCUT2D eigenvalue weighted by Gasteiger charge is -2.12. The highest BCUT2D eigenvalue weighted by molar-refractivity contribution is 7.15. The first-order valence-corrected chi connectivity index (χ1v) is 7.40. The number of hydrogen-bond acceptors (Lipinski definition) is 3. The van der Waals surface area contributed by atoms with Gasteiger partial charge in [0.15, 0.2) is 5.82 Å². The molecule has 2 aromatic heterocycles. The molecule has 0 saturated carbocycles. The molecule has 0 radical (unpaired) electrons. The number of fused-ring (bicyclic) bond motifs is 1. The standard InChI is InChI=1S/C16H15N3S/c1-10(2)19-14-6-5-12(9-17)8-13(14)18-16(19)15-7-4-11(3)20-15/h4-8,10H,1-3H3. The molecule has 3 aromatic rings. The fourth-order valence-electron chi connectivity index (χ4n) is 2.42. The Morgan fingerprint density at radius 2 is 2.05 bits per heavy atom. The summed E-state index contributed by atoms with van der Waals surface area (Å²) >= 11 is 1.75. The molecule has 0 aliphatic heterocycles. The lowest BCUT2D eigenvalue weighted by atomic mass is 10.2. The van der Waals surface area contributed by atoms with E-state index in [2.05, 4.69) is 43.5 Å². The van der Waals surface area contributed by atoms with Gasteiger partial charge in [0.25, 0.3) is 0 Å². The number of imidazole rings is 1. The van der Waals surface area contributed by atoms with Crippen LogP contribution in [-0.2, 0) is 0 Å². The number of thiophene rings is 1. The first kappa shape index (κ1) is 12.9. The molecule has 0 N–H and O–H groups in total. The van der Waals surface area contributed by atoms with Gasteiger partial charge in [-0.3, -0.25) is 0 Å². The molecule has 0 aliphatic rings. The molecular formula is C16H15N3S. The summed E-state index contributed by atoms with van der Waals surface area (Å²) in [5.41, 5.74) is 2.62. The summed E-state index contributed by atoms with van der Waals surface area (Å²) in [6.45, 7) is 6.41. The van der Waals surface area contributed by atoms with Crippen molar-refractivity contribution in [2.45, 2.75) is 26.8 Å². The van der Waals surface area contributed by atoms with E-state index >= 15 is 0 Å². The molecule has 0 atom stereocenters. The van der Waals surface area contributed by atoms with Gasteiger partial charge in [-0.15, -0.1) is 11.3 Å². The lowest BCUT2D eigenvalue weighted by molar-refractivity contribution is 0.625. The van der Waals surface area contributed by atoms with E-state index in [1.165, 1.54) is 9.75 Å². The Morgan fingerprint density at radius 1 is 1.25 bits per heavy atom. The predicted molar refractivity (Wildman–Crippen MR) is 82.9 cm³/mol. The van der Waals surface area contributed by atoms with Gasteiger partial charge in [0.05, 0.1) is 27.5 Å². The van der Waals surface area contributed by atoms with E-state index in [4.69, 9.17) is 10.2 Å². The van der Waals surface area contributed by atoms with Gasteiger partial charge in [-0.25, -0.2) is 4.98 Å². The van der Waals surface area contributed by atoms with Crippen LogP contribution in [0.2, 0.25) is 0 Å². The third-order valence-corrected chi connectivity index (χ3v) is 4.29. The number of nitrogens with zero attached hydrogens (tertiary/aromatic N) is 3. The quantitative estimate of drug-likeness (QED) is 0.692. The molecule has 0 amide bonds. The number of aromatic nitrogens is 2. The maximum absolute atomic E-state index is 9.02. The molecule has 3 nitrogen and oxygen atoms in total. The Morgan fingerprint density at radius 3 is 2.65 bits per heavy atom. The van der Waals surface area contributed by atoms with Gasteiger partial charge in [-0.2, -0.15) is 5.26 Å². The number of hydrogen-bond donors (Lipinski definition) is 0. The molecule has 0 fully saturated rings. The van der Waals surface area contributed by atoms with Crippen molar-refractivity contribution >= 4 is 22.4 Å². The average Bonchev–Trinajstić information content (AvgIpc) is 3.00. The van der Waals surface area contributed by atoms with Gasteiger partial charge in [-0.05, 0) is 51.1 Å². The molecule has 2 heterocycles. The SMILES string of the molecule is Cc1ccc(-c2nc3cc(C#N)ccc3n2C(C)C)s1. The van der Waals surface area contributed by atoms with Crippen molar-refractivity contribution in [3.05, 3.63) is 40.8 Å². The second-order valence-corrected chi connectivity index (χ2v) is 6.41. The minimum absolute atomic E-state index is 0.324. The maximum Gasteiger partial charge on any atom is 0.151 e. The first-order valence-electron chi connectivity index (χ1n) is 6.59. The van der Waals surface area contributed by atoms with Crippen molar-refractivity contribution in [1.29, 1.82) is 5.26 Å². The second kappa shape index (κ2) is 4.77. The molecule has 4 heteroatoms. The minimum Gasteiger partial charge on any atom is -0.321 e. The largest absolute Gasteiger partial charge is 0.321 e. The van der Waals surface area contributed by atoms with Crippen LogP contribution in [0.1, 0.15) is 30.3 Å². The zero-order valence-corrected chi connectivity index (χ0v) is 12.5. The molecular weight excluding hydrogens is 266 g/mol. The van der Waals surface area contributed by atoms with Crippen LogP contribution < -0.4 is 0 Å². The summed E-state index contributed by atoms with van der Waals surface area (Å²) in [6.07, 6.45) is 0. The zero-order valence-electron chi connectivity index (χ0n) is 11.7. The topological polar surface area (TPSA) is 41.6 Å². The highest BCUT2D eigenvalue weighted by Gasteiger charge is 2.16. The normalized spacial score (nSPS) is 11.2. The fourth-order valence-corrected chi connectivity index (χ4v) is 3.27. The van der Waals surface area contributed by atoms with Gasteiger partial charge >= 0.3 is 0 Å². The van der Waals surface area contributed by atoms with Crippen LogP contribution in [0.5, 0.6) is 0 Å². The Balaban J connectivity index is 2.31. The molecule has 20 heavy (non-hydrogen) atoms. The van der Waals surface area contributed by atoms with Crippen molar-refractivity contribution in [2.75, 3.05) is 0 Å². The van der Waals surface area contributed by atoms with Crippen LogP contribution in [0.25, 0.3) is 21.7 Å². The lowest BCUT2D eigenvalue weighted by Crippen LogP contribution is -2.02. The van der Waals surface area contributed by atoms with Gasteiger partial charge in [0.2, 0.25) is 0 Å². The van der Waals surface area contributed by atoms with Crippen molar-refractivity contribution in [3.8, 4) is 16.8 Å². The smallest absolute Gasteiger partial charge is 0.151 e. The minimum atomic E-state index is 0.324. The zero-order chi connectivity index (χ0) is 14.3. The Hall–Kier alpha value is -2.12. The number of rotatable bonds is 2. The van der Waals surface area contributed by atoms with E-state index in [-0.39, 0.29) is 0 Å². The van der Waals surface area contributed by atoms with Crippen LogP contribution in [-0.4, -0.2) is 9.55 Å². The van der Waals surface area contributed by atoms with Gasteiger partial charge < -0.3 is 4.57 Å². The monoisotopic (exact) mass is 281 g/mol. The Kier molecular flexibility index (Phi) is 3.07. The van der Waals surface area contributed by atoms with E-state index < -0.39 is 0 Å². The van der Waals surface area contributed by atoms with Crippen molar-refractivity contribution in [2.24, 2.45) is 0 Å². The average molecular weight is 281 g/mol. The van der Waals surface area contributed by atoms with Crippen molar-refractivity contribution < 1.29 is 0 Å². The summed E-state index contributed by atoms with van der Waals surface area (Å²) in [6, 6.07) is 12.4. The van der Waals surface area contributed by atoms with E-state index in [1.54, 1.807) is 11.3 Å². The highest BCUT2D eigenvalue weighted by Crippen LogP contribution is 2.32. The number of benzene rings is 1. The molecule has 0 bridgehead atoms. The summed E-state index contributed by atoms with van der Waals surface area (Å²) in [4.78, 5) is 7.20. The summed E-state index contributed by atoms with van der Waals surface area (Å²) in [5.74, 6) is 0.989. The number of nitriles is 1. The van der Waals surface area contributed by atoms with E-state index in [1.807, 2.05) is 18.2 Å². The van der Waals surface area contributed by atoms with Crippen LogP contribution in [0.3, 0.4) is 0 Å². The van der Waals surface area contributed by atoms with Crippen molar-refractivity contribution in [1.82, 2.24) is 9.55 Å². The van der Waals surface area contributed by atoms with Crippen LogP contribution in [0.15, 0.2) is 30.3 Å². The van der Waals surface area contributed by atoms with E-state index in [0.717, 1.165) is 16.9 Å². The van der Waals surface area contributed by atoms with Crippen molar-refractivity contribution in [3.63, 3.8) is 0 Å². The molecule has 3 rings (SSSR count). The van der Waals surface area contributed by atoms with Gasteiger partial charge in [-0.1, -0.05) is 0 Å². The molecule has 0 spiro atoms. The highest BCUT2D eigenvalue weighted by atomic mass is 32.1. The Bertz CT molecular complexity index is 818. The second-order valence-electron chi connectivity index (χ2n) is 5.12. The third-order valence-electron chi connectivity index (χ3n) is 3.30. The summed E-state index contributed by atoms with van der Waals surface area (Å²) in [5, 5.41) is 9.02. The fraction of sp³-hybridized carbons (Fsp3) is 0.250. The predicted octanol–water partition coefficient (Wildman–Crippen LogP) is 4.53. The van der Waals surface area contributed by atoms with Crippen LogP contribution in [0, 0.1) is 18.3 Å². The van der Waals surface area contributed by atoms with Gasteiger partial charge in [0.1, 0.15) is 0 Å². The number of aryl methyl sites for hydroxylation is 1. The summed E-state index contributed by atoms with van der Waals surface area (Å²) in [7, 11) is 0. The maximum atomic E-state index is 9.02. The first-order chi connectivity index (χ1) is 9.60. The van der Waals surface area contributed by atoms with Crippen LogP contribution >= 0.6 is 11.3 Å². The van der Waals surface area contributed by atoms with E-state index in [9.17, 15) is 0 Å². The third kappa shape index (κ3) is 2.00. The van der Waals surface area contributed by atoms with E-state index in [0.29, 0.717) is 11.6 Å². The molecule has 0 unspecified atom stereocenters.